The largest absolute Gasteiger partial charge is 0.496 e. The molecule has 1 amide bonds. The summed E-state index contributed by atoms with van der Waals surface area (Å²) >= 11 is 0. The summed E-state index contributed by atoms with van der Waals surface area (Å²) in [5.41, 5.74) is 2.83. The van der Waals surface area contributed by atoms with E-state index in [4.69, 9.17) is 14.2 Å². The number of para-hydroxylation sites is 1. The molecule has 0 aliphatic carbocycles. The van der Waals surface area contributed by atoms with Crippen molar-refractivity contribution in [3.63, 3.8) is 0 Å². The molecule has 5 heteroatoms. The van der Waals surface area contributed by atoms with Crippen LogP contribution in [0.25, 0.3) is 11.1 Å². The Morgan fingerprint density at radius 1 is 1.14 bits per heavy atom. The highest BCUT2D eigenvalue weighted by Crippen LogP contribution is 2.37. The number of carbonyl (C=O) groups is 1. The molecule has 1 aliphatic rings. The molecule has 1 saturated heterocycles. The van der Waals surface area contributed by atoms with E-state index in [2.05, 4.69) is 35.6 Å². The van der Waals surface area contributed by atoms with Crippen LogP contribution in [0.15, 0.2) is 48.5 Å². The lowest BCUT2D eigenvalue weighted by Crippen LogP contribution is -2.49. The van der Waals surface area contributed by atoms with Gasteiger partial charge in [0, 0.05) is 31.9 Å². The Bertz CT molecular complexity index is 814. The molecule has 3 rings (SSSR count). The Balaban J connectivity index is 1.86. The third-order valence-corrected chi connectivity index (χ3v) is 5.61. The van der Waals surface area contributed by atoms with Crippen molar-refractivity contribution < 1.29 is 19.0 Å². The third-order valence-electron chi connectivity index (χ3n) is 5.61. The molecule has 2 aromatic carbocycles. The third kappa shape index (κ3) is 5.17. The maximum atomic E-state index is 13.2. The monoisotopic (exact) mass is 397 g/mol. The molecule has 156 valence electrons. The second-order valence-corrected chi connectivity index (χ2v) is 7.80. The summed E-state index contributed by atoms with van der Waals surface area (Å²) in [6.07, 6.45) is 2.12. The average molecular weight is 398 g/mol. The summed E-state index contributed by atoms with van der Waals surface area (Å²) in [7, 11) is 3.33. The summed E-state index contributed by atoms with van der Waals surface area (Å²) in [6.45, 7) is 3.69. The molecule has 0 saturated carbocycles. The molecule has 0 aromatic heterocycles. The Labute approximate surface area is 173 Å². The molecular formula is C24H31NO4. The zero-order valence-corrected chi connectivity index (χ0v) is 17.6. The number of amides is 1. The number of hydrogen-bond acceptors (Lipinski definition) is 4. The van der Waals surface area contributed by atoms with Crippen LogP contribution in [0, 0.1) is 5.41 Å². The van der Waals surface area contributed by atoms with Crippen LogP contribution in [0.2, 0.25) is 0 Å². The number of methoxy groups -OCH3 is 2. The average Bonchev–Trinajstić information content (AvgIpc) is 2.74. The minimum Gasteiger partial charge on any atom is -0.496 e. The first kappa shape index (κ1) is 21.3. The van der Waals surface area contributed by atoms with Crippen molar-refractivity contribution in [3.8, 4) is 16.9 Å². The smallest absolute Gasteiger partial charge is 0.227 e. The van der Waals surface area contributed by atoms with Crippen LogP contribution in [0.4, 0.5) is 0 Å². The summed E-state index contributed by atoms with van der Waals surface area (Å²) in [5, 5.41) is 3.14. The van der Waals surface area contributed by atoms with Crippen LogP contribution in [-0.2, 0) is 20.7 Å². The van der Waals surface area contributed by atoms with Gasteiger partial charge in [0.25, 0.3) is 0 Å². The standard InChI is InChI=1S/C24H31NO4/c1-18(17-27-2)25-23(26)24(11-13-29-14-12-24)16-19-7-6-8-20(15-19)21-9-4-5-10-22(21)28-3/h4-10,15,18H,11-14,16-17H2,1-3H3,(H,25,26). The minimum absolute atomic E-state index is 0.0212. The van der Waals surface area contributed by atoms with E-state index < -0.39 is 5.41 Å². The molecule has 5 nitrogen and oxygen atoms in total. The van der Waals surface area contributed by atoms with E-state index in [1.54, 1.807) is 14.2 Å². The van der Waals surface area contributed by atoms with Crippen molar-refractivity contribution >= 4 is 5.91 Å². The van der Waals surface area contributed by atoms with Gasteiger partial charge in [0.05, 0.1) is 19.1 Å². The number of benzene rings is 2. The van der Waals surface area contributed by atoms with Gasteiger partial charge < -0.3 is 19.5 Å². The fourth-order valence-electron chi connectivity index (χ4n) is 4.04. The van der Waals surface area contributed by atoms with Gasteiger partial charge >= 0.3 is 0 Å². The number of carbonyl (C=O) groups excluding carboxylic acids is 1. The van der Waals surface area contributed by atoms with Crippen molar-refractivity contribution in [1.29, 1.82) is 0 Å². The van der Waals surface area contributed by atoms with E-state index in [-0.39, 0.29) is 11.9 Å². The number of rotatable bonds is 8. The van der Waals surface area contributed by atoms with E-state index in [0.29, 0.717) is 26.2 Å². The quantitative estimate of drug-likeness (QED) is 0.735. The molecule has 1 N–H and O–H groups in total. The first-order valence-corrected chi connectivity index (χ1v) is 10.2. The van der Waals surface area contributed by atoms with Gasteiger partial charge in [-0.3, -0.25) is 4.79 Å². The van der Waals surface area contributed by atoms with E-state index >= 15 is 0 Å². The Morgan fingerprint density at radius 3 is 2.62 bits per heavy atom. The zero-order valence-electron chi connectivity index (χ0n) is 17.6. The van der Waals surface area contributed by atoms with E-state index in [0.717, 1.165) is 35.3 Å². The lowest BCUT2D eigenvalue weighted by Gasteiger charge is -2.37. The van der Waals surface area contributed by atoms with Crippen molar-refractivity contribution in [3.05, 3.63) is 54.1 Å². The predicted octanol–water partition coefficient (Wildman–Crippen LogP) is 3.85. The highest BCUT2D eigenvalue weighted by atomic mass is 16.5. The number of ether oxygens (including phenoxy) is 3. The van der Waals surface area contributed by atoms with Gasteiger partial charge in [0.15, 0.2) is 0 Å². The highest BCUT2D eigenvalue weighted by Gasteiger charge is 2.40. The van der Waals surface area contributed by atoms with E-state index in [1.165, 1.54) is 0 Å². The number of nitrogens with one attached hydrogen (secondary N) is 1. The maximum absolute atomic E-state index is 13.2. The summed E-state index contributed by atoms with van der Waals surface area (Å²) in [5.74, 6) is 0.935. The molecule has 0 spiro atoms. The molecule has 1 atom stereocenters. The van der Waals surface area contributed by atoms with Crippen LogP contribution in [0.1, 0.15) is 25.3 Å². The van der Waals surface area contributed by atoms with Crippen molar-refractivity contribution in [2.45, 2.75) is 32.2 Å². The molecule has 1 unspecified atom stereocenters. The van der Waals surface area contributed by atoms with Gasteiger partial charge in [0.2, 0.25) is 5.91 Å². The van der Waals surface area contributed by atoms with Gasteiger partial charge in [-0.25, -0.2) is 0 Å². The molecule has 1 heterocycles. The van der Waals surface area contributed by atoms with Crippen LogP contribution < -0.4 is 10.1 Å². The van der Waals surface area contributed by atoms with E-state index in [1.807, 2.05) is 25.1 Å². The topological polar surface area (TPSA) is 56.8 Å². The summed E-state index contributed by atoms with van der Waals surface area (Å²) in [6, 6.07) is 16.4. The SMILES string of the molecule is COCC(C)NC(=O)C1(Cc2cccc(-c3ccccc3OC)c2)CCOCC1. The van der Waals surface area contributed by atoms with Crippen LogP contribution in [-0.4, -0.2) is 46.0 Å². The lowest BCUT2D eigenvalue weighted by molar-refractivity contribution is -0.137. The second-order valence-electron chi connectivity index (χ2n) is 7.80. The van der Waals surface area contributed by atoms with E-state index in [9.17, 15) is 4.79 Å². The van der Waals surface area contributed by atoms with Gasteiger partial charge in [-0.15, -0.1) is 0 Å². The Morgan fingerprint density at radius 2 is 1.90 bits per heavy atom. The number of hydrogen-bond donors (Lipinski definition) is 1. The molecule has 1 fully saturated rings. The van der Waals surface area contributed by atoms with Crippen LogP contribution in [0.3, 0.4) is 0 Å². The van der Waals surface area contributed by atoms with Crippen LogP contribution in [0.5, 0.6) is 5.75 Å². The normalized spacial score (nSPS) is 16.8. The minimum atomic E-state index is -0.459. The second kappa shape index (κ2) is 9.90. The fraction of sp³-hybridized carbons (Fsp3) is 0.458. The Hall–Kier alpha value is -2.37. The summed E-state index contributed by atoms with van der Waals surface area (Å²) in [4.78, 5) is 13.2. The Kier molecular flexibility index (Phi) is 7.29. The first-order chi connectivity index (χ1) is 14.1. The molecule has 0 bridgehead atoms. The van der Waals surface area contributed by atoms with Gasteiger partial charge in [-0.1, -0.05) is 42.5 Å². The fourth-order valence-corrected chi connectivity index (χ4v) is 4.04. The first-order valence-electron chi connectivity index (χ1n) is 10.2. The molecule has 2 aromatic rings. The zero-order chi connectivity index (χ0) is 20.7. The molecular weight excluding hydrogens is 366 g/mol. The molecule has 29 heavy (non-hydrogen) atoms. The predicted molar refractivity (Wildman–Crippen MR) is 114 cm³/mol. The summed E-state index contributed by atoms with van der Waals surface area (Å²) < 4.78 is 16.3. The molecule has 1 aliphatic heterocycles. The maximum Gasteiger partial charge on any atom is 0.227 e. The van der Waals surface area contributed by atoms with Gasteiger partial charge in [-0.05, 0) is 43.4 Å². The van der Waals surface area contributed by atoms with Crippen molar-refractivity contribution in [1.82, 2.24) is 5.32 Å². The van der Waals surface area contributed by atoms with Gasteiger partial charge in [0.1, 0.15) is 5.75 Å². The van der Waals surface area contributed by atoms with Crippen molar-refractivity contribution in [2.75, 3.05) is 34.0 Å². The van der Waals surface area contributed by atoms with Crippen LogP contribution >= 0.6 is 0 Å². The highest BCUT2D eigenvalue weighted by molar-refractivity contribution is 5.83. The van der Waals surface area contributed by atoms with Crippen molar-refractivity contribution in [2.24, 2.45) is 5.41 Å². The molecule has 0 radical (unpaired) electrons. The van der Waals surface area contributed by atoms with Gasteiger partial charge in [-0.2, -0.15) is 0 Å². The lowest BCUT2D eigenvalue weighted by atomic mass is 9.74.